The molecule has 4 rings (SSSR count). The summed E-state index contributed by atoms with van der Waals surface area (Å²) in [5, 5.41) is 15.0. The molecule has 3 aromatic rings. The second-order valence-electron chi connectivity index (χ2n) is 7.02. The van der Waals surface area contributed by atoms with Gasteiger partial charge in [0.05, 0.1) is 19.4 Å². The lowest BCUT2D eigenvalue weighted by Crippen LogP contribution is -3.12. The summed E-state index contributed by atoms with van der Waals surface area (Å²) in [7, 11) is 0. The number of tetrazole rings is 1. The number of aromatic nitrogens is 4. The van der Waals surface area contributed by atoms with Crippen LogP contribution >= 0.6 is 0 Å². The predicted molar refractivity (Wildman–Crippen MR) is 96.9 cm³/mol. The van der Waals surface area contributed by atoms with Crippen LogP contribution in [-0.4, -0.2) is 45.2 Å². The minimum atomic E-state index is -0.404. The molecule has 1 aliphatic rings. The molecule has 1 fully saturated rings. The van der Waals surface area contributed by atoms with E-state index in [4.69, 9.17) is 4.42 Å². The minimum Gasteiger partial charge on any atom is -0.467 e. The molecular formula is C19H22FN6O2+. The van der Waals surface area contributed by atoms with E-state index in [1.165, 1.54) is 17.0 Å². The van der Waals surface area contributed by atoms with Gasteiger partial charge in [-0.2, -0.15) is 0 Å². The second-order valence-corrected chi connectivity index (χ2v) is 7.02. The smallest absolute Gasteiger partial charge is 0.251 e. The van der Waals surface area contributed by atoms with Crippen molar-refractivity contribution in [2.24, 2.45) is 0 Å². The van der Waals surface area contributed by atoms with Gasteiger partial charge >= 0.3 is 0 Å². The monoisotopic (exact) mass is 385 g/mol. The molecule has 2 aromatic heterocycles. The zero-order valence-electron chi connectivity index (χ0n) is 15.3. The highest BCUT2D eigenvalue weighted by Crippen LogP contribution is 2.07. The average molecular weight is 385 g/mol. The molecule has 3 heterocycles. The number of hydrogen-bond acceptors (Lipinski definition) is 5. The van der Waals surface area contributed by atoms with Gasteiger partial charge in [-0.15, -0.1) is 5.10 Å². The Morgan fingerprint density at radius 3 is 2.89 bits per heavy atom. The summed E-state index contributed by atoms with van der Waals surface area (Å²) in [5.41, 5.74) is 0.354. The van der Waals surface area contributed by atoms with E-state index in [9.17, 15) is 9.18 Å². The first-order valence-corrected chi connectivity index (χ1v) is 9.35. The van der Waals surface area contributed by atoms with Crippen molar-refractivity contribution in [3.8, 4) is 0 Å². The van der Waals surface area contributed by atoms with Crippen LogP contribution < -0.4 is 10.2 Å². The highest BCUT2D eigenvalue weighted by atomic mass is 19.1. The van der Waals surface area contributed by atoms with E-state index < -0.39 is 5.82 Å². The Morgan fingerprint density at radius 2 is 2.14 bits per heavy atom. The van der Waals surface area contributed by atoms with E-state index in [1.807, 2.05) is 12.1 Å². The summed E-state index contributed by atoms with van der Waals surface area (Å²) < 4.78 is 20.4. The number of quaternary nitrogens is 1. The lowest BCUT2D eigenvalue weighted by atomic mass is 10.0. The topological polar surface area (TPSA) is 90.3 Å². The SMILES string of the molecule is O=C(NC1CC[NH+](Cc2nnnn2Cc2ccco2)CC1)c1cccc(F)c1. The Balaban J connectivity index is 1.28. The fraction of sp³-hybridized carbons (Fsp3) is 0.368. The maximum atomic E-state index is 13.3. The standard InChI is InChI=1S/C19H21FN6O2/c20-15-4-1-3-14(11-15)19(27)21-16-6-8-25(9-7-16)13-18-22-23-24-26(18)12-17-5-2-10-28-17/h1-5,10-11,16H,6-9,12-13H2,(H,21,27)/p+1. The molecule has 1 aromatic carbocycles. The number of piperidine rings is 1. The highest BCUT2D eigenvalue weighted by molar-refractivity contribution is 5.94. The van der Waals surface area contributed by atoms with Crippen LogP contribution in [0.2, 0.25) is 0 Å². The molecule has 0 unspecified atom stereocenters. The third kappa shape index (κ3) is 4.42. The highest BCUT2D eigenvalue weighted by Gasteiger charge is 2.25. The molecule has 2 N–H and O–H groups in total. The molecule has 0 atom stereocenters. The van der Waals surface area contributed by atoms with Crippen LogP contribution in [0.3, 0.4) is 0 Å². The van der Waals surface area contributed by atoms with Crippen molar-refractivity contribution < 1.29 is 18.5 Å². The summed E-state index contributed by atoms with van der Waals surface area (Å²) in [5.74, 6) is 0.991. The van der Waals surface area contributed by atoms with Crippen molar-refractivity contribution in [1.82, 2.24) is 25.5 Å². The van der Waals surface area contributed by atoms with Crippen LogP contribution in [0.1, 0.15) is 34.8 Å². The van der Waals surface area contributed by atoms with E-state index >= 15 is 0 Å². The Labute approximate surface area is 161 Å². The van der Waals surface area contributed by atoms with Crippen LogP contribution in [-0.2, 0) is 13.1 Å². The van der Waals surface area contributed by atoms with Gasteiger partial charge in [0.25, 0.3) is 5.91 Å². The zero-order chi connectivity index (χ0) is 19.3. The average Bonchev–Trinajstić information content (AvgIpc) is 3.36. The number of benzene rings is 1. The summed E-state index contributed by atoms with van der Waals surface area (Å²) >= 11 is 0. The van der Waals surface area contributed by atoms with Crippen LogP contribution in [0, 0.1) is 5.82 Å². The third-order valence-electron chi connectivity index (χ3n) is 5.01. The molecule has 146 valence electrons. The van der Waals surface area contributed by atoms with Gasteiger partial charge in [0, 0.05) is 24.4 Å². The first-order chi connectivity index (χ1) is 13.7. The number of halogens is 1. The Kier molecular flexibility index (Phi) is 5.43. The van der Waals surface area contributed by atoms with E-state index in [2.05, 4.69) is 20.8 Å². The van der Waals surface area contributed by atoms with Gasteiger partial charge in [0.1, 0.15) is 24.7 Å². The molecule has 1 aliphatic heterocycles. The molecule has 9 heteroatoms. The lowest BCUT2D eigenvalue weighted by molar-refractivity contribution is -0.919. The molecular weight excluding hydrogens is 363 g/mol. The first-order valence-electron chi connectivity index (χ1n) is 9.35. The number of carbonyl (C=O) groups is 1. The number of furan rings is 1. The van der Waals surface area contributed by atoms with Gasteiger partial charge in [0.15, 0.2) is 0 Å². The normalized spacial score (nSPS) is 19.5. The van der Waals surface area contributed by atoms with Crippen molar-refractivity contribution >= 4 is 5.91 Å². The van der Waals surface area contributed by atoms with Crippen molar-refractivity contribution in [2.75, 3.05) is 13.1 Å². The van der Waals surface area contributed by atoms with Gasteiger partial charge in [0.2, 0.25) is 5.82 Å². The van der Waals surface area contributed by atoms with E-state index in [-0.39, 0.29) is 11.9 Å². The first kappa shape index (κ1) is 18.3. The Bertz CT molecular complexity index is 918. The quantitative estimate of drug-likeness (QED) is 0.642. The van der Waals surface area contributed by atoms with E-state index in [0.717, 1.165) is 44.1 Å². The summed E-state index contributed by atoms with van der Waals surface area (Å²) in [6.07, 6.45) is 3.35. The summed E-state index contributed by atoms with van der Waals surface area (Å²) in [6, 6.07) is 9.59. The number of amides is 1. The number of rotatable bonds is 6. The van der Waals surface area contributed by atoms with Crippen LogP contribution in [0.15, 0.2) is 47.1 Å². The van der Waals surface area contributed by atoms with Gasteiger partial charge in [-0.1, -0.05) is 6.07 Å². The fourth-order valence-electron chi connectivity index (χ4n) is 3.49. The number of hydrogen-bond donors (Lipinski definition) is 2. The molecule has 0 saturated carbocycles. The largest absolute Gasteiger partial charge is 0.467 e. The zero-order valence-corrected chi connectivity index (χ0v) is 15.3. The third-order valence-corrected chi connectivity index (χ3v) is 5.01. The minimum absolute atomic E-state index is 0.0960. The number of carbonyl (C=O) groups excluding carboxylic acids is 1. The summed E-state index contributed by atoms with van der Waals surface area (Å²) in [6.45, 7) is 3.04. The van der Waals surface area contributed by atoms with Crippen molar-refractivity contribution in [3.05, 3.63) is 65.6 Å². The maximum absolute atomic E-state index is 13.3. The maximum Gasteiger partial charge on any atom is 0.251 e. The molecule has 8 nitrogen and oxygen atoms in total. The van der Waals surface area contributed by atoms with E-state index in [0.29, 0.717) is 12.1 Å². The van der Waals surface area contributed by atoms with Crippen LogP contribution in [0.4, 0.5) is 4.39 Å². The predicted octanol–water partition coefficient (Wildman–Crippen LogP) is 0.431. The van der Waals surface area contributed by atoms with Crippen molar-refractivity contribution in [2.45, 2.75) is 32.0 Å². The molecule has 0 aliphatic carbocycles. The van der Waals surface area contributed by atoms with E-state index in [1.54, 1.807) is 23.1 Å². The molecule has 0 bridgehead atoms. The summed E-state index contributed by atoms with van der Waals surface area (Å²) in [4.78, 5) is 13.6. The Hall–Kier alpha value is -3.07. The van der Waals surface area contributed by atoms with Crippen LogP contribution in [0.25, 0.3) is 0 Å². The number of nitrogens with zero attached hydrogens (tertiary/aromatic N) is 4. The Morgan fingerprint density at radius 1 is 1.29 bits per heavy atom. The van der Waals surface area contributed by atoms with Crippen molar-refractivity contribution in [1.29, 1.82) is 0 Å². The van der Waals surface area contributed by atoms with Gasteiger partial charge in [-0.25, -0.2) is 9.07 Å². The number of likely N-dealkylation sites (tertiary alicyclic amines) is 1. The molecule has 28 heavy (non-hydrogen) atoms. The lowest BCUT2D eigenvalue weighted by Gasteiger charge is -2.29. The molecule has 1 saturated heterocycles. The molecule has 0 radical (unpaired) electrons. The fourth-order valence-corrected chi connectivity index (χ4v) is 3.49. The molecule has 1 amide bonds. The second kappa shape index (κ2) is 8.30. The van der Waals surface area contributed by atoms with Gasteiger partial charge in [-0.3, -0.25) is 4.79 Å². The molecule has 0 spiro atoms. The number of nitrogens with one attached hydrogen (secondary N) is 2. The van der Waals surface area contributed by atoms with Crippen molar-refractivity contribution in [3.63, 3.8) is 0 Å². The van der Waals surface area contributed by atoms with Gasteiger partial charge in [-0.05, 0) is 40.8 Å². The van der Waals surface area contributed by atoms with Gasteiger partial charge < -0.3 is 14.6 Å². The van der Waals surface area contributed by atoms with Crippen LogP contribution in [0.5, 0.6) is 0 Å².